The average Bonchev–Trinajstić information content (AvgIpc) is 2.75. The molecule has 1 fully saturated rings. The Morgan fingerprint density at radius 2 is 2.35 bits per heavy atom. The molecule has 1 aliphatic heterocycles. The van der Waals surface area contributed by atoms with Gasteiger partial charge in [-0.05, 0) is 18.2 Å². The molecule has 1 aromatic rings. The van der Waals surface area contributed by atoms with E-state index < -0.39 is 0 Å². The lowest BCUT2D eigenvalue weighted by atomic mass is 10.2. The van der Waals surface area contributed by atoms with E-state index in [-0.39, 0.29) is 17.9 Å². The van der Waals surface area contributed by atoms with Crippen molar-refractivity contribution in [1.82, 2.24) is 0 Å². The maximum atomic E-state index is 11.4. The van der Waals surface area contributed by atoms with E-state index in [1.807, 2.05) is 0 Å². The molecule has 90 valence electrons. The Kier molecular flexibility index (Phi) is 3.49. The fourth-order valence-electron chi connectivity index (χ4n) is 1.57. The van der Waals surface area contributed by atoms with Crippen LogP contribution >= 0.6 is 11.6 Å². The van der Waals surface area contributed by atoms with E-state index >= 15 is 0 Å². The topological polar surface area (TPSA) is 58.6 Å². The van der Waals surface area contributed by atoms with Crippen LogP contribution in [0.3, 0.4) is 0 Å². The zero-order valence-electron chi connectivity index (χ0n) is 8.98. The van der Waals surface area contributed by atoms with E-state index in [1.165, 1.54) is 4.90 Å². The number of amides is 2. The largest absolute Gasteiger partial charge is 0.447 e. The molecular weight excluding hydrogens is 244 g/mol. The van der Waals surface area contributed by atoms with E-state index in [0.29, 0.717) is 24.5 Å². The van der Waals surface area contributed by atoms with E-state index in [2.05, 4.69) is 5.32 Å². The quantitative estimate of drug-likeness (QED) is 0.837. The first-order valence-electron chi connectivity index (χ1n) is 5.11. The van der Waals surface area contributed by atoms with Crippen LogP contribution in [0.15, 0.2) is 24.3 Å². The maximum Gasteiger partial charge on any atom is 0.414 e. The second-order valence-electron chi connectivity index (χ2n) is 3.50. The van der Waals surface area contributed by atoms with Crippen LogP contribution in [0.25, 0.3) is 0 Å². The molecule has 1 aromatic carbocycles. The van der Waals surface area contributed by atoms with Gasteiger partial charge in [0, 0.05) is 11.4 Å². The first kappa shape index (κ1) is 11.7. The number of alkyl halides is 1. The number of benzene rings is 1. The Morgan fingerprint density at radius 1 is 1.53 bits per heavy atom. The monoisotopic (exact) mass is 254 g/mol. The van der Waals surface area contributed by atoms with Gasteiger partial charge in [0.25, 0.3) is 0 Å². The molecule has 0 aromatic heterocycles. The van der Waals surface area contributed by atoms with Gasteiger partial charge in [0.2, 0.25) is 5.91 Å². The predicted molar refractivity (Wildman–Crippen MR) is 64.5 cm³/mol. The lowest BCUT2D eigenvalue weighted by molar-refractivity contribution is -0.113. The first-order chi connectivity index (χ1) is 8.20. The smallest absolute Gasteiger partial charge is 0.414 e. The molecule has 0 spiro atoms. The Labute approximate surface area is 103 Å². The summed E-state index contributed by atoms with van der Waals surface area (Å²) in [5.74, 6) is -0.386. The van der Waals surface area contributed by atoms with Crippen LogP contribution in [0.1, 0.15) is 0 Å². The van der Waals surface area contributed by atoms with Gasteiger partial charge in [-0.2, -0.15) is 0 Å². The van der Waals surface area contributed by atoms with Gasteiger partial charge >= 0.3 is 6.09 Å². The first-order valence-corrected chi connectivity index (χ1v) is 5.64. The Bertz CT molecular complexity index is 450. The van der Waals surface area contributed by atoms with Crippen molar-refractivity contribution in [2.24, 2.45) is 0 Å². The highest BCUT2D eigenvalue weighted by atomic mass is 35.5. The summed E-state index contributed by atoms with van der Waals surface area (Å²) in [4.78, 5) is 24.0. The number of ether oxygens (including phenoxy) is 1. The lowest BCUT2D eigenvalue weighted by Gasteiger charge is -2.13. The molecule has 0 radical (unpaired) electrons. The Balaban J connectivity index is 2.16. The van der Waals surface area contributed by atoms with Crippen molar-refractivity contribution in [1.29, 1.82) is 0 Å². The predicted octanol–water partition coefficient (Wildman–Crippen LogP) is 1.82. The van der Waals surface area contributed by atoms with Crippen LogP contribution in [0.4, 0.5) is 16.2 Å². The second-order valence-corrected chi connectivity index (χ2v) is 3.77. The van der Waals surface area contributed by atoms with Crippen molar-refractivity contribution in [3.63, 3.8) is 0 Å². The number of rotatable bonds is 3. The third kappa shape index (κ3) is 2.68. The number of nitrogens with one attached hydrogen (secondary N) is 1. The molecule has 6 heteroatoms. The number of cyclic esters (lactones) is 1. The summed E-state index contributed by atoms with van der Waals surface area (Å²) < 4.78 is 4.84. The molecule has 1 N–H and O–H groups in total. The third-order valence-corrected chi connectivity index (χ3v) is 2.57. The van der Waals surface area contributed by atoms with Crippen LogP contribution in [0.2, 0.25) is 0 Å². The fraction of sp³-hybridized carbons (Fsp3) is 0.273. The van der Waals surface area contributed by atoms with Crippen LogP contribution in [-0.4, -0.2) is 31.0 Å². The highest BCUT2D eigenvalue weighted by Crippen LogP contribution is 2.22. The van der Waals surface area contributed by atoms with E-state index in [0.717, 1.165) is 0 Å². The molecule has 1 saturated heterocycles. The summed E-state index contributed by atoms with van der Waals surface area (Å²) in [5, 5.41) is 2.62. The molecule has 0 bridgehead atoms. The summed E-state index contributed by atoms with van der Waals surface area (Å²) in [6.07, 6.45) is -0.370. The number of hydrogen-bond acceptors (Lipinski definition) is 3. The highest BCUT2D eigenvalue weighted by Gasteiger charge is 2.23. The minimum absolute atomic E-state index is 0.101. The molecule has 2 rings (SSSR count). The fourth-order valence-corrected chi connectivity index (χ4v) is 1.64. The number of carbonyl (C=O) groups excluding carboxylic acids is 2. The highest BCUT2D eigenvalue weighted by molar-refractivity contribution is 6.29. The van der Waals surface area contributed by atoms with Gasteiger partial charge in [-0.25, -0.2) is 4.79 Å². The molecule has 0 atom stereocenters. The van der Waals surface area contributed by atoms with Gasteiger partial charge < -0.3 is 10.1 Å². The van der Waals surface area contributed by atoms with Crippen LogP contribution in [0.5, 0.6) is 0 Å². The SMILES string of the molecule is O=C(CCl)Nc1cccc(N2CCOC2=O)c1. The van der Waals surface area contributed by atoms with Gasteiger partial charge in [-0.3, -0.25) is 9.69 Å². The van der Waals surface area contributed by atoms with Gasteiger partial charge in [-0.1, -0.05) is 6.07 Å². The Morgan fingerprint density at radius 3 is 3.00 bits per heavy atom. The molecular formula is C11H11ClN2O3. The zero-order chi connectivity index (χ0) is 12.3. The van der Waals surface area contributed by atoms with Gasteiger partial charge in [-0.15, -0.1) is 11.6 Å². The molecule has 0 saturated carbocycles. The lowest BCUT2D eigenvalue weighted by Crippen LogP contribution is -2.23. The summed E-state index contributed by atoms with van der Waals surface area (Å²) in [5.41, 5.74) is 1.30. The molecule has 1 aliphatic rings. The second kappa shape index (κ2) is 5.05. The standard InChI is InChI=1S/C11H11ClN2O3/c12-7-10(15)13-8-2-1-3-9(6-8)14-4-5-17-11(14)16/h1-3,6H,4-5,7H2,(H,13,15). The van der Waals surface area contributed by atoms with Crippen molar-refractivity contribution in [2.45, 2.75) is 0 Å². The molecule has 1 heterocycles. The van der Waals surface area contributed by atoms with Crippen molar-refractivity contribution >= 4 is 35.0 Å². The summed E-state index contributed by atoms with van der Waals surface area (Å²) in [6, 6.07) is 6.97. The number of carbonyl (C=O) groups is 2. The number of hydrogen-bond donors (Lipinski definition) is 1. The summed E-state index contributed by atoms with van der Waals surface area (Å²) in [7, 11) is 0. The molecule has 0 aliphatic carbocycles. The average molecular weight is 255 g/mol. The van der Waals surface area contributed by atoms with Gasteiger partial charge in [0.05, 0.1) is 6.54 Å². The van der Waals surface area contributed by atoms with Gasteiger partial charge in [0.15, 0.2) is 0 Å². The van der Waals surface area contributed by atoms with Crippen LogP contribution in [0, 0.1) is 0 Å². The number of nitrogens with zero attached hydrogens (tertiary/aromatic N) is 1. The van der Waals surface area contributed by atoms with Crippen LogP contribution in [-0.2, 0) is 9.53 Å². The van der Waals surface area contributed by atoms with Gasteiger partial charge in [0.1, 0.15) is 12.5 Å². The maximum absolute atomic E-state index is 11.4. The number of halogens is 1. The van der Waals surface area contributed by atoms with E-state index in [1.54, 1.807) is 24.3 Å². The normalized spacial score (nSPS) is 14.6. The van der Waals surface area contributed by atoms with E-state index in [9.17, 15) is 9.59 Å². The van der Waals surface area contributed by atoms with E-state index in [4.69, 9.17) is 16.3 Å². The third-order valence-electron chi connectivity index (χ3n) is 2.32. The molecule has 5 nitrogen and oxygen atoms in total. The van der Waals surface area contributed by atoms with Crippen molar-refractivity contribution in [2.75, 3.05) is 29.2 Å². The molecule has 17 heavy (non-hydrogen) atoms. The summed E-state index contributed by atoms with van der Waals surface area (Å²) in [6.45, 7) is 0.906. The molecule has 2 amide bonds. The van der Waals surface area contributed by atoms with Crippen molar-refractivity contribution in [3.8, 4) is 0 Å². The number of anilines is 2. The van der Waals surface area contributed by atoms with Crippen molar-refractivity contribution in [3.05, 3.63) is 24.3 Å². The minimum atomic E-state index is -0.370. The minimum Gasteiger partial charge on any atom is -0.447 e. The Hall–Kier alpha value is -1.75. The zero-order valence-corrected chi connectivity index (χ0v) is 9.74. The van der Waals surface area contributed by atoms with Crippen LogP contribution < -0.4 is 10.2 Å². The molecule has 0 unspecified atom stereocenters. The summed E-state index contributed by atoms with van der Waals surface area (Å²) >= 11 is 5.40. The van der Waals surface area contributed by atoms with Crippen molar-refractivity contribution < 1.29 is 14.3 Å².